The second kappa shape index (κ2) is 8.21. The monoisotopic (exact) mass is 143 g/mol. The fourth-order valence-electron chi connectivity index (χ4n) is 0.350. The lowest BCUT2D eigenvalue weighted by Gasteiger charge is -1.96. The van der Waals surface area contributed by atoms with Gasteiger partial charge in [-0.05, 0) is 13.8 Å². The fourth-order valence-corrected chi connectivity index (χ4v) is 0.350. The van der Waals surface area contributed by atoms with Crippen molar-refractivity contribution >= 4 is 5.91 Å². The van der Waals surface area contributed by atoms with Gasteiger partial charge in [0.15, 0.2) is 0 Å². The molecule has 0 fully saturated rings. The van der Waals surface area contributed by atoms with Crippen molar-refractivity contribution in [3.05, 3.63) is 11.8 Å². The summed E-state index contributed by atoms with van der Waals surface area (Å²) >= 11 is 0. The maximum atomic E-state index is 10.3. The van der Waals surface area contributed by atoms with Crippen LogP contribution in [-0.4, -0.2) is 5.91 Å². The van der Waals surface area contributed by atoms with Crippen LogP contribution in [-0.2, 0) is 4.79 Å². The van der Waals surface area contributed by atoms with Crippen LogP contribution in [0.5, 0.6) is 0 Å². The van der Waals surface area contributed by atoms with Gasteiger partial charge in [0, 0.05) is 12.6 Å². The molecule has 10 heavy (non-hydrogen) atoms. The van der Waals surface area contributed by atoms with E-state index in [-0.39, 0.29) is 5.91 Å². The van der Waals surface area contributed by atoms with Gasteiger partial charge in [-0.25, -0.2) is 0 Å². The highest BCUT2D eigenvalue weighted by Crippen LogP contribution is 1.82. The van der Waals surface area contributed by atoms with Crippen LogP contribution in [0, 0.1) is 0 Å². The molecule has 1 N–H and O–H groups in total. The minimum absolute atomic E-state index is 0.0133. The van der Waals surface area contributed by atoms with Crippen molar-refractivity contribution in [1.82, 2.24) is 5.32 Å². The van der Waals surface area contributed by atoms with Crippen LogP contribution < -0.4 is 5.32 Å². The fraction of sp³-hybridized carbons (Fsp3) is 0.625. The van der Waals surface area contributed by atoms with Gasteiger partial charge in [-0.15, -0.1) is 0 Å². The van der Waals surface area contributed by atoms with E-state index in [1.54, 1.807) is 0 Å². The molecule has 1 amide bonds. The molecule has 0 saturated heterocycles. The van der Waals surface area contributed by atoms with Gasteiger partial charge in [-0.2, -0.15) is 0 Å². The van der Waals surface area contributed by atoms with E-state index in [4.69, 9.17) is 0 Å². The zero-order chi connectivity index (χ0) is 8.57. The lowest BCUT2D eigenvalue weighted by Crippen LogP contribution is -2.16. The Kier molecular flexibility index (Phi) is 9.80. The predicted molar refractivity (Wildman–Crippen MR) is 44.6 cm³/mol. The molecular weight excluding hydrogens is 126 g/mol. The molecule has 0 heterocycles. The van der Waals surface area contributed by atoms with Crippen LogP contribution in [0.1, 0.15) is 34.6 Å². The minimum Gasteiger partial charge on any atom is -0.331 e. The SMILES string of the molecule is C/C=C(\C)NC(C)=O.CC. The zero-order valence-corrected chi connectivity index (χ0v) is 7.49. The highest BCUT2D eigenvalue weighted by Gasteiger charge is 1.87. The summed E-state index contributed by atoms with van der Waals surface area (Å²) in [6.45, 7) is 9.22. The van der Waals surface area contributed by atoms with Gasteiger partial charge in [0.25, 0.3) is 0 Å². The third kappa shape index (κ3) is 10.2. The maximum Gasteiger partial charge on any atom is 0.220 e. The van der Waals surface area contributed by atoms with E-state index in [1.165, 1.54) is 6.92 Å². The van der Waals surface area contributed by atoms with Gasteiger partial charge in [0.2, 0.25) is 5.91 Å². The molecule has 0 aliphatic carbocycles. The Balaban J connectivity index is 0. The summed E-state index contributed by atoms with van der Waals surface area (Å²) in [7, 11) is 0. The van der Waals surface area contributed by atoms with Gasteiger partial charge in [-0.3, -0.25) is 4.79 Å². The third-order valence-electron chi connectivity index (χ3n) is 0.806. The lowest BCUT2D eigenvalue weighted by molar-refractivity contribution is -0.118. The summed E-state index contributed by atoms with van der Waals surface area (Å²) in [4.78, 5) is 10.3. The molecular formula is C8H17NO. The summed E-state index contributed by atoms with van der Waals surface area (Å²) in [5.74, 6) is -0.0133. The summed E-state index contributed by atoms with van der Waals surface area (Å²) in [5, 5.41) is 2.61. The van der Waals surface area contributed by atoms with Crippen molar-refractivity contribution < 1.29 is 4.79 Å². The molecule has 2 nitrogen and oxygen atoms in total. The summed E-state index contributed by atoms with van der Waals surface area (Å²) in [6, 6.07) is 0. The van der Waals surface area contributed by atoms with Crippen molar-refractivity contribution in [1.29, 1.82) is 0 Å². The quantitative estimate of drug-likeness (QED) is 0.598. The third-order valence-corrected chi connectivity index (χ3v) is 0.806. The van der Waals surface area contributed by atoms with E-state index < -0.39 is 0 Å². The summed E-state index contributed by atoms with van der Waals surface area (Å²) < 4.78 is 0. The van der Waals surface area contributed by atoms with E-state index in [0.717, 1.165) is 5.70 Å². The van der Waals surface area contributed by atoms with E-state index >= 15 is 0 Å². The van der Waals surface area contributed by atoms with Crippen LogP contribution >= 0.6 is 0 Å². The van der Waals surface area contributed by atoms with Crippen molar-refractivity contribution in [3.8, 4) is 0 Å². The molecule has 0 unspecified atom stereocenters. The highest BCUT2D eigenvalue weighted by atomic mass is 16.1. The Morgan fingerprint density at radius 3 is 1.80 bits per heavy atom. The number of rotatable bonds is 1. The number of carbonyl (C=O) groups excluding carboxylic acids is 1. The smallest absolute Gasteiger partial charge is 0.220 e. The molecule has 60 valence electrons. The first-order valence-corrected chi connectivity index (χ1v) is 3.57. The normalized spacial score (nSPS) is 9.50. The second-order valence-electron chi connectivity index (χ2n) is 1.65. The van der Waals surface area contributed by atoms with Gasteiger partial charge in [0.1, 0.15) is 0 Å². The van der Waals surface area contributed by atoms with Crippen molar-refractivity contribution in [2.75, 3.05) is 0 Å². The minimum atomic E-state index is -0.0133. The van der Waals surface area contributed by atoms with E-state index in [1.807, 2.05) is 33.8 Å². The Morgan fingerprint density at radius 2 is 1.70 bits per heavy atom. The van der Waals surface area contributed by atoms with Gasteiger partial charge in [-0.1, -0.05) is 19.9 Å². The average Bonchev–Trinajstić information content (AvgIpc) is 1.91. The van der Waals surface area contributed by atoms with Crippen LogP contribution in [0.4, 0.5) is 0 Å². The topological polar surface area (TPSA) is 29.1 Å². The molecule has 0 rings (SSSR count). The van der Waals surface area contributed by atoms with Gasteiger partial charge >= 0.3 is 0 Å². The Morgan fingerprint density at radius 1 is 1.30 bits per heavy atom. The molecule has 0 aromatic carbocycles. The standard InChI is InChI=1S/C6H11NO.C2H6/c1-4-5(2)7-6(3)8;1-2/h4H,1-3H3,(H,7,8);1-2H3/b5-4+;. The molecule has 0 aromatic rings. The van der Waals surface area contributed by atoms with Crippen molar-refractivity contribution in [2.24, 2.45) is 0 Å². The van der Waals surface area contributed by atoms with E-state index in [2.05, 4.69) is 5.32 Å². The number of carbonyl (C=O) groups is 1. The first-order valence-electron chi connectivity index (χ1n) is 3.57. The number of allylic oxidation sites excluding steroid dienone is 2. The average molecular weight is 143 g/mol. The molecule has 0 saturated carbocycles. The number of hydrogen-bond acceptors (Lipinski definition) is 1. The lowest BCUT2D eigenvalue weighted by atomic mass is 10.4. The van der Waals surface area contributed by atoms with Crippen LogP contribution in [0.2, 0.25) is 0 Å². The highest BCUT2D eigenvalue weighted by molar-refractivity contribution is 5.74. The Labute approximate surface area is 63.3 Å². The van der Waals surface area contributed by atoms with Crippen molar-refractivity contribution in [3.63, 3.8) is 0 Å². The Hall–Kier alpha value is -0.790. The molecule has 0 spiro atoms. The summed E-state index contributed by atoms with van der Waals surface area (Å²) in [5.41, 5.74) is 0.900. The molecule has 0 aliphatic rings. The Bertz CT molecular complexity index is 116. The largest absolute Gasteiger partial charge is 0.331 e. The van der Waals surface area contributed by atoms with E-state index in [9.17, 15) is 4.79 Å². The van der Waals surface area contributed by atoms with Gasteiger partial charge < -0.3 is 5.32 Å². The number of nitrogens with one attached hydrogen (secondary N) is 1. The molecule has 0 atom stereocenters. The number of hydrogen-bond donors (Lipinski definition) is 1. The van der Waals surface area contributed by atoms with Crippen LogP contribution in [0.3, 0.4) is 0 Å². The zero-order valence-electron chi connectivity index (χ0n) is 7.49. The van der Waals surface area contributed by atoms with Gasteiger partial charge in [0.05, 0.1) is 0 Å². The molecule has 0 bridgehead atoms. The molecule has 0 aliphatic heterocycles. The van der Waals surface area contributed by atoms with Crippen LogP contribution in [0.25, 0.3) is 0 Å². The number of amides is 1. The first-order chi connectivity index (χ1) is 4.66. The van der Waals surface area contributed by atoms with E-state index in [0.29, 0.717) is 0 Å². The predicted octanol–water partition coefficient (Wildman–Crippen LogP) is 2.07. The van der Waals surface area contributed by atoms with Crippen molar-refractivity contribution in [2.45, 2.75) is 34.6 Å². The molecule has 0 aromatic heterocycles. The first kappa shape index (κ1) is 11.9. The summed E-state index contributed by atoms with van der Waals surface area (Å²) in [6.07, 6.45) is 1.85. The molecule has 2 heteroatoms. The maximum absolute atomic E-state index is 10.3. The molecule has 0 radical (unpaired) electrons. The second-order valence-corrected chi connectivity index (χ2v) is 1.65. The van der Waals surface area contributed by atoms with Crippen LogP contribution in [0.15, 0.2) is 11.8 Å².